The van der Waals surface area contributed by atoms with Gasteiger partial charge in [-0.15, -0.1) is 0 Å². The lowest BCUT2D eigenvalue weighted by Crippen LogP contribution is -2.41. The lowest BCUT2D eigenvalue weighted by Gasteiger charge is -2.14. The van der Waals surface area contributed by atoms with Gasteiger partial charge in [0.25, 0.3) is 0 Å². The summed E-state index contributed by atoms with van der Waals surface area (Å²) in [5.74, 6) is 0.398. The second kappa shape index (κ2) is 3.96. The first-order chi connectivity index (χ1) is 4.88. The second-order valence-corrected chi connectivity index (χ2v) is 2.54. The van der Waals surface area contributed by atoms with Crippen molar-refractivity contribution < 1.29 is 9.31 Å². The lowest BCUT2D eigenvalue weighted by molar-refractivity contribution is 0.263. The predicted octanol–water partition coefficient (Wildman–Crippen LogP) is 0.0586. The van der Waals surface area contributed by atoms with Gasteiger partial charge in [0.05, 0.1) is 0 Å². The van der Waals surface area contributed by atoms with Crippen molar-refractivity contribution in [1.29, 1.82) is 0 Å². The van der Waals surface area contributed by atoms with Crippen molar-refractivity contribution in [3.63, 3.8) is 0 Å². The fourth-order valence-electron chi connectivity index (χ4n) is 1.37. The van der Waals surface area contributed by atoms with Crippen LogP contribution in [0.5, 0.6) is 0 Å². The van der Waals surface area contributed by atoms with E-state index >= 15 is 0 Å². The second-order valence-electron chi connectivity index (χ2n) is 2.54. The van der Waals surface area contributed by atoms with E-state index in [0.717, 1.165) is 13.0 Å². The summed E-state index contributed by atoms with van der Waals surface area (Å²) in [5.41, 5.74) is 0. The molecule has 1 unspecified atom stereocenters. The van der Waals surface area contributed by atoms with Crippen LogP contribution in [-0.4, -0.2) is 33.8 Å². The van der Waals surface area contributed by atoms with Gasteiger partial charge in [0.15, 0.2) is 0 Å². The van der Waals surface area contributed by atoms with Crippen molar-refractivity contribution >= 4 is 7.12 Å². The SMILES string of the molecule is COB(OC)C1CCCN1. The molecule has 1 heterocycles. The van der Waals surface area contributed by atoms with Crippen LogP contribution in [0.15, 0.2) is 0 Å². The molecule has 1 atom stereocenters. The van der Waals surface area contributed by atoms with Gasteiger partial charge in [-0.25, -0.2) is 0 Å². The van der Waals surface area contributed by atoms with Crippen LogP contribution in [0, 0.1) is 0 Å². The Labute approximate surface area is 62.2 Å². The number of hydrogen-bond donors (Lipinski definition) is 1. The molecule has 0 spiro atoms. The van der Waals surface area contributed by atoms with E-state index in [4.69, 9.17) is 9.31 Å². The van der Waals surface area contributed by atoms with Crippen LogP contribution in [0.3, 0.4) is 0 Å². The van der Waals surface area contributed by atoms with Crippen molar-refractivity contribution in [2.24, 2.45) is 0 Å². The van der Waals surface area contributed by atoms with Gasteiger partial charge in [-0.2, -0.15) is 0 Å². The third-order valence-electron chi connectivity index (χ3n) is 1.89. The highest BCUT2D eigenvalue weighted by molar-refractivity contribution is 6.46. The van der Waals surface area contributed by atoms with E-state index in [-0.39, 0.29) is 7.12 Å². The molecule has 1 fully saturated rings. The smallest absolute Gasteiger partial charge is 0.413 e. The minimum Gasteiger partial charge on any atom is -0.413 e. The molecule has 3 nitrogen and oxygen atoms in total. The predicted molar refractivity (Wildman–Crippen MR) is 40.8 cm³/mol. The first kappa shape index (κ1) is 8.05. The van der Waals surface area contributed by atoms with E-state index in [2.05, 4.69) is 5.32 Å². The van der Waals surface area contributed by atoms with Crippen LogP contribution in [-0.2, 0) is 9.31 Å². The van der Waals surface area contributed by atoms with Gasteiger partial charge in [-0.05, 0) is 19.4 Å². The van der Waals surface area contributed by atoms with Gasteiger partial charge < -0.3 is 14.6 Å². The van der Waals surface area contributed by atoms with E-state index in [1.54, 1.807) is 14.2 Å². The Bertz CT molecular complexity index is 91.7. The topological polar surface area (TPSA) is 30.5 Å². The monoisotopic (exact) mass is 143 g/mol. The van der Waals surface area contributed by atoms with Crippen LogP contribution in [0.1, 0.15) is 12.8 Å². The van der Waals surface area contributed by atoms with Gasteiger partial charge in [0.1, 0.15) is 0 Å². The average Bonchev–Trinajstić information content (AvgIpc) is 2.43. The van der Waals surface area contributed by atoms with Gasteiger partial charge in [0, 0.05) is 20.2 Å². The molecular weight excluding hydrogens is 129 g/mol. The molecule has 58 valence electrons. The molecule has 0 aliphatic carbocycles. The fourth-order valence-corrected chi connectivity index (χ4v) is 1.37. The van der Waals surface area contributed by atoms with Crippen LogP contribution in [0.2, 0.25) is 0 Å². The van der Waals surface area contributed by atoms with Crippen LogP contribution >= 0.6 is 0 Å². The zero-order chi connectivity index (χ0) is 7.40. The molecule has 0 amide bonds. The highest BCUT2D eigenvalue weighted by atomic mass is 16.6. The van der Waals surface area contributed by atoms with E-state index in [1.165, 1.54) is 6.42 Å². The molecule has 1 rings (SSSR count). The zero-order valence-corrected chi connectivity index (χ0v) is 6.59. The summed E-state index contributed by atoms with van der Waals surface area (Å²) in [6, 6.07) is 0. The summed E-state index contributed by atoms with van der Waals surface area (Å²) in [6.07, 6.45) is 2.39. The minimum absolute atomic E-state index is 0.0671. The third kappa shape index (κ3) is 1.72. The van der Waals surface area contributed by atoms with Crippen LogP contribution in [0.25, 0.3) is 0 Å². The molecule has 0 radical (unpaired) electrons. The molecular formula is C6H14BNO2. The molecule has 4 heteroatoms. The largest absolute Gasteiger partial charge is 0.474 e. The van der Waals surface area contributed by atoms with Crippen molar-refractivity contribution in [1.82, 2.24) is 5.32 Å². The molecule has 0 bridgehead atoms. The van der Waals surface area contributed by atoms with Crippen molar-refractivity contribution in [3.05, 3.63) is 0 Å². The standard InChI is InChI=1S/C6H14BNO2/c1-9-7(10-2)6-4-3-5-8-6/h6,8H,3-5H2,1-2H3. The van der Waals surface area contributed by atoms with Gasteiger partial charge >= 0.3 is 7.12 Å². The van der Waals surface area contributed by atoms with Crippen molar-refractivity contribution in [3.8, 4) is 0 Å². The van der Waals surface area contributed by atoms with Crippen molar-refractivity contribution in [2.45, 2.75) is 18.8 Å². The maximum Gasteiger partial charge on any atom is 0.474 e. The summed E-state index contributed by atoms with van der Waals surface area (Å²) in [5, 5.41) is 3.31. The quantitative estimate of drug-likeness (QED) is 0.566. The molecule has 0 aromatic heterocycles. The first-order valence-electron chi connectivity index (χ1n) is 3.67. The molecule has 0 aromatic rings. The Morgan fingerprint density at radius 2 is 2.10 bits per heavy atom. The van der Waals surface area contributed by atoms with Gasteiger partial charge in [0.2, 0.25) is 0 Å². The Morgan fingerprint density at radius 1 is 1.40 bits per heavy atom. The maximum absolute atomic E-state index is 5.10. The van der Waals surface area contributed by atoms with Crippen LogP contribution < -0.4 is 5.32 Å². The van der Waals surface area contributed by atoms with E-state index in [9.17, 15) is 0 Å². The number of nitrogens with one attached hydrogen (secondary N) is 1. The van der Waals surface area contributed by atoms with E-state index in [0.29, 0.717) is 5.94 Å². The van der Waals surface area contributed by atoms with Gasteiger partial charge in [-0.1, -0.05) is 0 Å². The Hall–Kier alpha value is -0.0551. The molecule has 1 N–H and O–H groups in total. The summed E-state index contributed by atoms with van der Waals surface area (Å²) in [6.45, 7) is 1.09. The van der Waals surface area contributed by atoms with E-state index < -0.39 is 0 Å². The lowest BCUT2D eigenvalue weighted by atomic mass is 9.77. The van der Waals surface area contributed by atoms with Gasteiger partial charge in [-0.3, -0.25) is 0 Å². The summed E-state index contributed by atoms with van der Waals surface area (Å²) < 4.78 is 10.2. The highest BCUT2D eigenvalue weighted by Gasteiger charge is 2.30. The molecule has 0 saturated carbocycles. The van der Waals surface area contributed by atoms with Crippen LogP contribution in [0.4, 0.5) is 0 Å². The molecule has 0 aromatic carbocycles. The highest BCUT2D eigenvalue weighted by Crippen LogP contribution is 2.08. The average molecular weight is 143 g/mol. The number of hydrogen-bond acceptors (Lipinski definition) is 3. The summed E-state index contributed by atoms with van der Waals surface area (Å²) in [4.78, 5) is 0. The molecule has 1 aliphatic heterocycles. The molecule has 10 heavy (non-hydrogen) atoms. The fraction of sp³-hybridized carbons (Fsp3) is 1.00. The minimum atomic E-state index is -0.0671. The Balaban J connectivity index is 2.29. The molecule has 1 aliphatic rings. The Kier molecular flexibility index (Phi) is 3.18. The first-order valence-corrected chi connectivity index (χ1v) is 3.67. The Morgan fingerprint density at radius 3 is 2.50 bits per heavy atom. The summed E-state index contributed by atoms with van der Waals surface area (Å²) in [7, 11) is 3.28. The number of rotatable bonds is 3. The summed E-state index contributed by atoms with van der Waals surface area (Å²) >= 11 is 0. The van der Waals surface area contributed by atoms with E-state index in [1.807, 2.05) is 0 Å². The molecule has 1 saturated heterocycles. The maximum atomic E-state index is 5.10. The normalized spacial score (nSPS) is 25.2. The van der Waals surface area contributed by atoms with Crippen molar-refractivity contribution in [2.75, 3.05) is 20.8 Å². The zero-order valence-electron chi connectivity index (χ0n) is 6.59. The third-order valence-corrected chi connectivity index (χ3v) is 1.89.